The second-order valence-electron chi connectivity index (χ2n) is 2.01. The fourth-order valence-corrected chi connectivity index (χ4v) is 0.707. The molecule has 0 saturated carbocycles. The number of nitrogen functional groups attached to an aromatic ring is 1. The highest BCUT2D eigenvalue weighted by atomic mass is 16.5. The molecule has 6 heteroatoms. The summed E-state index contributed by atoms with van der Waals surface area (Å²) in [5.74, 6) is 4.93. The van der Waals surface area contributed by atoms with Crippen LogP contribution in [0.5, 0.6) is 0 Å². The third kappa shape index (κ3) is 1.73. The van der Waals surface area contributed by atoms with Crippen LogP contribution < -0.4 is 11.3 Å². The number of nitrogens with zero attached hydrogens (tertiary/aromatic N) is 1. The highest BCUT2D eigenvalue weighted by Gasteiger charge is 2.08. The summed E-state index contributed by atoms with van der Waals surface area (Å²) in [5, 5.41) is 0. The van der Waals surface area contributed by atoms with Crippen molar-refractivity contribution in [2.45, 2.75) is 6.92 Å². The van der Waals surface area contributed by atoms with Crippen LogP contribution in [0.1, 0.15) is 17.4 Å². The molecule has 12 heavy (non-hydrogen) atoms. The number of nitrogens with two attached hydrogens (primary N) is 1. The lowest BCUT2D eigenvalue weighted by atomic mass is 10.5. The lowest BCUT2D eigenvalue weighted by Crippen LogP contribution is -2.09. The van der Waals surface area contributed by atoms with Gasteiger partial charge in [-0.05, 0) is 6.92 Å². The molecule has 0 amide bonds. The highest BCUT2D eigenvalue weighted by Crippen LogP contribution is 2.01. The summed E-state index contributed by atoms with van der Waals surface area (Å²) in [4.78, 5) is 17.4. The standard InChI is InChI=1S/C6H10N4O2/c1-2-12-5(11)4-3-8-6(9-4)10-7/h3H,2,7H2,1H3,(H2,8,9,10). The van der Waals surface area contributed by atoms with E-state index in [1.54, 1.807) is 6.92 Å². The number of H-pyrrole nitrogens is 1. The molecular weight excluding hydrogens is 160 g/mol. The fourth-order valence-electron chi connectivity index (χ4n) is 0.707. The van der Waals surface area contributed by atoms with Gasteiger partial charge in [0.1, 0.15) is 5.69 Å². The molecule has 0 aromatic carbocycles. The van der Waals surface area contributed by atoms with Gasteiger partial charge in [-0.3, -0.25) is 5.43 Å². The quantitative estimate of drug-likeness (QED) is 0.334. The van der Waals surface area contributed by atoms with Crippen LogP contribution in [-0.2, 0) is 4.74 Å². The van der Waals surface area contributed by atoms with E-state index in [1.807, 2.05) is 0 Å². The van der Waals surface area contributed by atoms with E-state index in [1.165, 1.54) is 6.20 Å². The maximum absolute atomic E-state index is 11.0. The smallest absolute Gasteiger partial charge is 0.356 e. The molecule has 0 aliphatic rings. The van der Waals surface area contributed by atoms with Crippen LogP contribution in [0.2, 0.25) is 0 Å². The summed E-state index contributed by atoms with van der Waals surface area (Å²) >= 11 is 0. The van der Waals surface area contributed by atoms with Crippen molar-refractivity contribution >= 4 is 11.9 Å². The van der Waals surface area contributed by atoms with E-state index in [2.05, 4.69) is 15.4 Å². The molecule has 0 atom stereocenters. The molecule has 0 aliphatic carbocycles. The minimum atomic E-state index is -0.438. The predicted octanol–water partition coefficient (Wildman–Crippen LogP) is -0.128. The van der Waals surface area contributed by atoms with Gasteiger partial charge in [0, 0.05) is 0 Å². The van der Waals surface area contributed by atoms with E-state index in [-0.39, 0.29) is 5.69 Å². The number of anilines is 1. The summed E-state index contributed by atoms with van der Waals surface area (Å²) < 4.78 is 4.71. The molecular formula is C6H10N4O2. The van der Waals surface area contributed by atoms with Crippen molar-refractivity contribution in [3.8, 4) is 0 Å². The average Bonchev–Trinajstić information content (AvgIpc) is 2.52. The zero-order chi connectivity index (χ0) is 8.97. The largest absolute Gasteiger partial charge is 0.461 e. The first-order chi connectivity index (χ1) is 5.77. The molecule has 0 bridgehead atoms. The minimum Gasteiger partial charge on any atom is -0.461 e. The van der Waals surface area contributed by atoms with Crippen molar-refractivity contribution in [3.05, 3.63) is 11.9 Å². The number of hydrazine groups is 1. The monoisotopic (exact) mass is 170 g/mol. The number of nitrogens with one attached hydrogen (secondary N) is 2. The average molecular weight is 170 g/mol. The Kier molecular flexibility index (Phi) is 2.65. The molecule has 1 aromatic rings. The van der Waals surface area contributed by atoms with Gasteiger partial charge in [-0.1, -0.05) is 0 Å². The van der Waals surface area contributed by atoms with Gasteiger partial charge < -0.3 is 9.72 Å². The zero-order valence-corrected chi connectivity index (χ0v) is 6.63. The number of hydrogen-bond donors (Lipinski definition) is 3. The Labute approximate surface area is 69.1 Å². The predicted molar refractivity (Wildman–Crippen MR) is 42.4 cm³/mol. The van der Waals surface area contributed by atoms with Gasteiger partial charge in [0.25, 0.3) is 0 Å². The van der Waals surface area contributed by atoms with Gasteiger partial charge in [0.05, 0.1) is 12.8 Å². The third-order valence-electron chi connectivity index (χ3n) is 1.21. The summed E-state index contributed by atoms with van der Waals surface area (Å²) in [6.07, 6.45) is 1.35. The van der Waals surface area contributed by atoms with E-state index in [0.717, 1.165) is 0 Å². The lowest BCUT2D eigenvalue weighted by molar-refractivity contribution is 0.0520. The Morgan fingerprint density at radius 3 is 3.17 bits per heavy atom. The second kappa shape index (κ2) is 3.72. The van der Waals surface area contributed by atoms with Crippen LogP contribution in [-0.4, -0.2) is 22.5 Å². The Morgan fingerprint density at radius 1 is 1.92 bits per heavy atom. The molecule has 1 rings (SSSR count). The number of aromatic amines is 1. The topological polar surface area (TPSA) is 93.0 Å². The first-order valence-corrected chi connectivity index (χ1v) is 3.46. The number of carbonyl (C=O) groups excluding carboxylic acids is 1. The Hall–Kier alpha value is -1.56. The molecule has 0 saturated heterocycles. The van der Waals surface area contributed by atoms with E-state index in [9.17, 15) is 4.79 Å². The normalized spacial score (nSPS) is 9.50. The van der Waals surface area contributed by atoms with Crippen molar-refractivity contribution in [3.63, 3.8) is 0 Å². The SMILES string of the molecule is CCOC(=O)c1cnc(NN)[nH]1. The van der Waals surface area contributed by atoms with Gasteiger partial charge in [-0.25, -0.2) is 15.6 Å². The number of carbonyl (C=O) groups is 1. The molecule has 1 heterocycles. The van der Waals surface area contributed by atoms with Gasteiger partial charge >= 0.3 is 5.97 Å². The summed E-state index contributed by atoms with van der Waals surface area (Å²) in [6.45, 7) is 2.07. The number of esters is 1. The van der Waals surface area contributed by atoms with Crippen LogP contribution in [0.25, 0.3) is 0 Å². The second-order valence-corrected chi connectivity index (χ2v) is 2.01. The van der Waals surface area contributed by atoms with Crippen LogP contribution in [0.3, 0.4) is 0 Å². The maximum Gasteiger partial charge on any atom is 0.356 e. The Morgan fingerprint density at radius 2 is 2.67 bits per heavy atom. The van der Waals surface area contributed by atoms with Crippen LogP contribution in [0.4, 0.5) is 5.95 Å². The third-order valence-corrected chi connectivity index (χ3v) is 1.21. The Bertz CT molecular complexity index is 270. The number of ether oxygens (including phenoxy) is 1. The first-order valence-electron chi connectivity index (χ1n) is 3.46. The van der Waals surface area contributed by atoms with Gasteiger partial charge in [0.2, 0.25) is 5.95 Å². The van der Waals surface area contributed by atoms with Crippen LogP contribution in [0.15, 0.2) is 6.20 Å². The van der Waals surface area contributed by atoms with E-state index in [4.69, 9.17) is 10.6 Å². The highest BCUT2D eigenvalue weighted by molar-refractivity contribution is 5.87. The number of imidazole rings is 1. The number of rotatable bonds is 3. The lowest BCUT2D eigenvalue weighted by Gasteiger charge is -1.96. The molecule has 4 N–H and O–H groups in total. The summed E-state index contributed by atoms with van der Waals surface area (Å²) in [6, 6.07) is 0. The van der Waals surface area contributed by atoms with Crippen LogP contribution in [0, 0.1) is 0 Å². The number of aromatic nitrogens is 2. The van der Waals surface area contributed by atoms with Crippen LogP contribution >= 0.6 is 0 Å². The van der Waals surface area contributed by atoms with E-state index >= 15 is 0 Å². The van der Waals surface area contributed by atoms with E-state index in [0.29, 0.717) is 12.6 Å². The number of hydrogen-bond acceptors (Lipinski definition) is 5. The van der Waals surface area contributed by atoms with E-state index < -0.39 is 5.97 Å². The molecule has 0 radical (unpaired) electrons. The van der Waals surface area contributed by atoms with Gasteiger partial charge in [-0.2, -0.15) is 0 Å². The first kappa shape index (κ1) is 8.54. The summed E-state index contributed by atoms with van der Waals surface area (Å²) in [5.41, 5.74) is 2.55. The van der Waals surface area contributed by atoms with Crippen molar-refractivity contribution in [2.24, 2.45) is 5.84 Å². The van der Waals surface area contributed by atoms with Gasteiger partial charge in [0.15, 0.2) is 0 Å². The summed E-state index contributed by atoms with van der Waals surface area (Å²) in [7, 11) is 0. The molecule has 0 fully saturated rings. The van der Waals surface area contributed by atoms with Crippen molar-refractivity contribution < 1.29 is 9.53 Å². The molecule has 0 spiro atoms. The molecule has 66 valence electrons. The molecule has 1 aromatic heterocycles. The van der Waals surface area contributed by atoms with Gasteiger partial charge in [-0.15, -0.1) is 0 Å². The molecule has 0 aliphatic heterocycles. The fraction of sp³-hybridized carbons (Fsp3) is 0.333. The van der Waals surface area contributed by atoms with Crippen molar-refractivity contribution in [2.75, 3.05) is 12.0 Å². The van der Waals surface area contributed by atoms with Crippen molar-refractivity contribution in [1.82, 2.24) is 9.97 Å². The zero-order valence-electron chi connectivity index (χ0n) is 6.63. The molecule has 0 unspecified atom stereocenters. The Balaban J connectivity index is 2.68. The minimum absolute atomic E-state index is 0.282. The molecule has 6 nitrogen and oxygen atoms in total. The van der Waals surface area contributed by atoms with Crippen molar-refractivity contribution in [1.29, 1.82) is 0 Å². The maximum atomic E-state index is 11.0.